The molecule has 14 heteroatoms. The molecule has 274 valence electrons. The van der Waals surface area contributed by atoms with Crippen LogP contribution in [0.1, 0.15) is 51.6 Å². The molecule has 1 N–H and O–H groups in total. The zero-order chi connectivity index (χ0) is 36.2. The predicted molar refractivity (Wildman–Crippen MR) is 187 cm³/mol. The molecule has 1 aliphatic heterocycles. The van der Waals surface area contributed by atoms with Crippen LogP contribution in [0.3, 0.4) is 0 Å². The van der Waals surface area contributed by atoms with Crippen LogP contribution in [0.25, 0.3) is 33.8 Å². The van der Waals surface area contributed by atoms with E-state index in [0.717, 1.165) is 68.3 Å². The molecule has 1 aromatic carbocycles. The number of pyridine rings is 2. The number of halogens is 3. The van der Waals surface area contributed by atoms with Crippen LogP contribution < -0.4 is 14.4 Å². The van der Waals surface area contributed by atoms with Crippen LogP contribution in [0.15, 0.2) is 42.5 Å². The van der Waals surface area contributed by atoms with Crippen molar-refractivity contribution in [1.29, 1.82) is 0 Å². The number of hydrogen-bond acceptors (Lipinski definition) is 10. The monoisotopic (exact) mass is 710 g/mol. The average Bonchev–Trinajstić information content (AvgIpc) is 3.52. The van der Waals surface area contributed by atoms with E-state index in [1.165, 1.54) is 6.07 Å². The number of methoxy groups -OCH3 is 1. The Morgan fingerprint density at radius 2 is 1.76 bits per heavy atom. The number of nitrogens with one attached hydrogen (secondary N) is 1. The van der Waals surface area contributed by atoms with Crippen molar-refractivity contribution in [2.45, 2.75) is 58.2 Å². The lowest BCUT2D eigenvalue weighted by Gasteiger charge is -2.44. The molecule has 1 saturated carbocycles. The molecule has 3 aromatic heterocycles. The van der Waals surface area contributed by atoms with Crippen molar-refractivity contribution >= 4 is 22.8 Å². The predicted octanol–water partition coefficient (Wildman–Crippen LogP) is 6.76. The molecule has 0 bridgehead atoms. The second-order valence-corrected chi connectivity index (χ2v) is 13.4. The Hall–Kier alpha value is -4.43. The Bertz CT molecular complexity index is 1800. The third-order valence-corrected chi connectivity index (χ3v) is 9.59. The third-order valence-electron chi connectivity index (χ3n) is 9.59. The molecule has 2 fully saturated rings. The number of carbonyl (C=O) groups excluding carboxylic acids is 1. The molecular formula is C37H45F3N6O5. The van der Waals surface area contributed by atoms with E-state index in [0.29, 0.717) is 49.0 Å². The van der Waals surface area contributed by atoms with Crippen molar-refractivity contribution in [3.63, 3.8) is 0 Å². The van der Waals surface area contributed by atoms with Crippen molar-refractivity contribution in [1.82, 2.24) is 24.8 Å². The van der Waals surface area contributed by atoms with Gasteiger partial charge in [-0.05, 0) is 75.9 Å². The summed E-state index contributed by atoms with van der Waals surface area (Å²) in [4.78, 5) is 32.7. The fourth-order valence-electron chi connectivity index (χ4n) is 6.96. The summed E-state index contributed by atoms with van der Waals surface area (Å²) in [6.07, 6.45) is 0.140. The van der Waals surface area contributed by atoms with Gasteiger partial charge in [-0.2, -0.15) is 13.2 Å². The smallest absolute Gasteiger partial charge is 0.433 e. The molecule has 1 saturated heterocycles. The summed E-state index contributed by atoms with van der Waals surface area (Å²) in [6.45, 7) is 7.14. The van der Waals surface area contributed by atoms with E-state index in [4.69, 9.17) is 28.9 Å². The molecule has 0 radical (unpaired) electrons. The number of rotatable bonds is 14. The van der Waals surface area contributed by atoms with E-state index >= 15 is 0 Å². The molecule has 4 heterocycles. The minimum atomic E-state index is -4.67. The highest BCUT2D eigenvalue weighted by Gasteiger charge is 2.39. The average molecular weight is 711 g/mol. The molecule has 4 aromatic rings. The number of hydrogen-bond donors (Lipinski definition) is 1. The summed E-state index contributed by atoms with van der Waals surface area (Å²) in [5.41, 5.74) is 2.09. The van der Waals surface area contributed by atoms with E-state index < -0.39 is 11.9 Å². The van der Waals surface area contributed by atoms with E-state index in [9.17, 15) is 18.0 Å². The van der Waals surface area contributed by atoms with Gasteiger partial charge >= 0.3 is 12.1 Å². The topological polar surface area (TPSA) is 115 Å². The Morgan fingerprint density at radius 1 is 1.02 bits per heavy atom. The molecular weight excluding hydrogens is 665 g/mol. The zero-order valence-electron chi connectivity index (χ0n) is 29.5. The van der Waals surface area contributed by atoms with Crippen molar-refractivity contribution in [3.8, 4) is 34.3 Å². The molecule has 0 spiro atoms. The van der Waals surface area contributed by atoms with Crippen LogP contribution >= 0.6 is 0 Å². The van der Waals surface area contributed by atoms with Gasteiger partial charge in [0.05, 0.1) is 37.7 Å². The maximum absolute atomic E-state index is 13.9. The first-order chi connectivity index (χ1) is 24.5. The summed E-state index contributed by atoms with van der Waals surface area (Å²) in [6, 6.07) is 11.9. The third kappa shape index (κ3) is 8.55. The van der Waals surface area contributed by atoms with Gasteiger partial charge in [0.2, 0.25) is 5.88 Å². The summed E-state index contributed by atoms with van der Waals surface area (Å²) in [7, 11) is 3.68. The number of nitrogens with zero attached hydrogens (tertiary/aromatic N) is 5. The minimum absolute atomic E-state index is 0.0162. The van der Waals surface area contributed by atoms with Crippen LogP contribution in [0, 0.1) is 5.41 Å². The number of aromatic nitrogens is 4. The number of likely N-dealkylation sites (tertiary alicyclic amines) is 1. The largest absolute Gasteiger partial charge is 0.490 e. The van der Waals surface area contributed by atoms with Gasteiger partial charge in [0.1, 0.15) is 28.9 Å². The number of esters is 1. The number of benzene rings is 1. The number of H-pyrrole nitrogens is 1. The first kappa shape index (κ1) is 36.4. The molecule has 0 atom stereocenters. The molecule has 51 heavy (non-hydrogen) atoms. The van der Waals surface area contributed by atoms with Crippen LogP contribution in [0.2, 0.25) is 0 Å². The summed E-state index contributed by atoms with van der Waals surface area (Å²) >= 11 is 0. The number of ether oxygens (including phenoxy) is 4. The van der Waals surface area contributed by atoms with Gasteiger partial charge in [-0.15, -0.1) is 0 Å². The van der Waals surface area contributed by atoms with Gasteiger partial charge in [0, 0.05) is 56.4 Å². The van der Waals surface area contributed by atoms with E-state index in [2.05, 4.69) is 19.8 Å². The first-order valence-electron chi connectivity index (χ1n) is 17.5. The van der Waals surface area contributed by atoms with Crippen molar-refractivity contribution in [3.05, 3.63) is 48.2 Å². The van der Waals surface area contributed by atoms with E-state index in [1.54, 1.807) is 27.0 Å². The van der Waals surface area contributed by atoms with Gasteiger partial charge in [-0.3, -0.25) is 9.69 Å². The maximum atomic E-state index is 13.9. The van der Waals surface area contributed by atoms with Crippen molar-refractivity contribution in [2.75, 3.05) is 65.1 Å². The molecule has 0 unspecified atom stereocenters. The van der Waals surface area contributed by atoms with Gasteiger partial charge in [-0.1, -0.05) is 6.42 Å². The highest BCUT2D eigenvalue weighted by molar-refractivity contribution is 5.91. The van der Waals surface area contributed by atoms with Crippen molar-refractivity contribution < 1.29 is 36.9 Å². The SMILES string of the molecule is CCOC(=O)CN1CCC(Oc2ccc(-c3nc4nc(-c5cc(OCC)nc(C(F)(F)F)c5)cc(N(C)CC5(COC)CCC5)c4[nH]3)cc2)CC1. The number of imidazole rings is 1. The first-order valence-corrected chi connectivity index (χ1v) is 17.5. The van der Waals surface area contributed by atoms with E-state index in [1.807, 2.05) is 31.3 Å². The Morgan fingerprint density at radius 3 is 2.39 bits per heavy atom. The summed E-state index contributed by atoms with van der Waals surface area (Å²) in [5.74, 6) is 0.964. The van der Waals surface area contributed by atoms with Gasteiger partial charge in [0.15, 0.2) is 5.65 Å². The standard InChI is InChI=1S/C37H45F3N6O5/c1-5-49-31-19-25(18-30(42-31)37(38,39)40)28-20-29(45(3)22-36(23-48-4)14-7-15-36)33-35(41-28)44-34(43-33)24-8-10-26(11-9-24)51-27-12-16-46(17-13-27)21-32(47)50-6-2/h8-11,18-20,27H,5-7,12-17,21-23H2,1-4H3,(H,41,43,44). The number of fused-ring (bicyclic) bond motifs is 1. The second kappa shape index (κ2) is 15.4. The van der Waals surface area contributed by atoms with Crippen LogP contribution in [0.4, 0.5) is 18.9 Å². The Balaban J connectivity index is 1.28. The van der Waals surface area contributed by atoms with Crippen LogP contribution in [0.5, 0.6) is 11.6 Å². The molecule has 11 nitrogen and oxygen atoms in total. The second-order valence-electron chi connectivity index (χ2n) is 13.4. The zero-order valence-corrected chi connectivity index (χ0v) is 29.5. The Labute approximate surface area is 295 Å². The molecule has 0 amide bonds. The van der Waals surface area contributed by atoms with Gasteiger partial charge in [-0.25, -0.2) is 15.0 Å². The van der Waals surface area contributed by atoms with Crippen molar-refractivity contribution in [2.24, 2.45) is 5.41 Å². The quantitative estimate of drug-likeness (QED) is 0.141. The fourth-order valence-corrected chi connectivity index (χ4v) is 6.96. The molecule has 2 aliphatic rings. The number of carbonyl (C=O) groups is 1. The normalized spacial score (nSPS) is 16.5. The van der Waals surface area contributed by atoms with Gasteiger partial charge < -0.3 is 28.8 Å². The van der Waals surface area contributed by atoms with E-state index in [-0.39, 0.29) is 35.5 Å². The van der Waals surface area contributed by atoms with Crippen LogP contribution in [-0.2, 0) is 20.4 Å². The molecule has 1 aliphatic carbocycles. The number of piperidine rings is 1. The highest BCUT2D eigenvalue weighted by Crippen LogP contribution is 2.43. The lowest BCUT2D eigenvalue weighted by atomic mass is 9.69. The highest BCUT2D eigenvalue weighted by atomic mass is 19.4. The lowest BCUT2D eigenvalue weighted by molar-refractivity contribution is -0.145. The minimum Gasteiger partial charge on any atom is -0.490 e. The lowest BCUT2D eigenvalue weighted by Crippen LogP contribution is -2.44. The summed E-state index contributed by atoms with van der Waals surface area (Å²) < 4.78 is 64.0. The maximum Gasteiger partial charge on any atom is 0.433 e. The van der Waals surface area contributed by atoms with Gasteiger partial charge in [0.25, 0.3) is 0 Å². The van der Waals surface area contributed by atoms with Crippen LogP contribution in [-0.4, -0.2) is 97.1 Å². The summed E-state index contributed by atoms with van der Waals surface area (Å²) in [5, 5.41) is 0. The fraction of sp³-hybridized carbons (Fsp3) is 0.514. The Kier molecular flexibility index (Phi) is 11.0. The number of alkyl halides is 3. The number of anilines is 1. The number of aromatic amines is 1. The molecule has 6 rings (SSSR count).